The first-order valence-electron chi connectivity index (χ1n) is 10.0. The molecule has 0 aliphatic carbocycles. The summed E-state index contributed by atoms with van der Waals surface area (Å²) in [6, 6.07) is 20.8. The number of thioether (sulfide) groups is 1. The third-order valence-corrected chi connectivity index (χ3v) is 9.09. The molecule has 1 aromatic heterocycles. The molecule has 3 aromatic rings. The SMILES string of the molecule is CSc1ccc(-c2cccc(CN3CCC(N[S+](=O)([O-])c4cccs4)CC3)c2)cc1. The van der Waals surface area contributed by atoms with E-state index in [1.807, 2.05) is 0 Å². The monoisotopic (exact) mass is 458 g/mol. The third kappa shape index (κ3) is 5.41. The van der Waals surface area contributed by atoms with Gasteiger partial charge in [-0.2, -0.15) is 0 Å². The van der Waals surface area contributed by atoms with E-state index < -0.39 is 10.4 Å². The zero-order valence-electron chi connectivity index (χ0n) is 17.0. The van der Waals surface area contributed by atoms with Crippen LogP contribution in [0.3, 0.4) is 0 Å². The minimum atomic E-state index is -3.39. The molecule has 4 nitrogen and oxygen atoms in total. The molecule has 0 spiro atoms. The van der Waals surface area contributed by atoms with Crippen molar-refractivity contribution in [1.29, 1.82) is 0 Å². The molecule has 2 aromatic carbocycles. The van der Waals surface area contributed by atoms with Crippen LogP contribution in [0.25, 0.3) is 11.1 Å². The molecule has 0 amide bonds. The Morgan fingerprint density at radius 1 is 1.10 bits per heavy atom. The molecule has 1 N–H and O–H groups in total. The molecule has 1 saturated heterocycles. The average molecular weight is 459 g/mol. The number of thiophene rings is 1. The molecule has 1 unspecified atom stereocenters. The number of likely N-dealkylation sites (tertiary alicyclic amines) is 1. The van der Waals surface area contributed by atoms with E-state index in [4.69, 9.17) is 0 Å². The first kappa shape index (κ1) is 21.7. The van der Waals surface area contributed by atoms with E-state index in [-0.39, 0.29) is 6.04 Å². The summed E-state index contributed by atoms with van der Waals surface area (Å²) in [6.07, 6.45) is 3.76. The Morgan fingerprint density at radius 3 is 2.53 bits per heavy atom. The lowest BCUT2D eigenvalue weighted by Gasteiger charge is -2.32. The van der Waals surface area contributed by atoms with Crippen molar-refractivity contribution in [2.75, 3.05) is 19.3 Å². The summed E-state index contributed by atoms with van der Waals surface area (Å²) in [4.78, 5) is 3.68. The highest BCUT2D eigenvalue weighted by Crippen LogP contribution is 2.26. The topological polar surface area (TPSA) is 55.4 Å². The van der Waals surface area contributed by atoms with Gasteiger partial charge in [-0.3, -0.25) is 4.90 Å². The molecule has 158 valence electrons. The Labute approximate surface area is 188 Å². The van der Waals surface area contributed by atoms with Crippen LogP contribution in [0.1, 0.15) is 18.4 Å². The number of nitrogens with zero attached hydrogens (tertiary/aromatic N) is 1. The lowest BCUT2D eigenvalue weighted by Crippen LogP contribution is -2.46. The van der Waals surface area contributed by atoms with Gasteiger partial charge in [-0.1, -0.05) is 45.9 Å². The first-order valence-corrected chi connectivity index (χ1v) is 13.6. The predicted molar refractivity (Wildman–Crippen MR) is 127 cm³/mol. The Hall–Kier alpha value is -1.48. The van der Waals surface area contributed by atoms with Crippen molar-refractivity contribution in [2.45, 2.75) is 34.5 Å². The number of piperidine rings is 1. The van der Waals surface area contributed by atoms with Crippen LogP contribution in [0.15, 0.2) is 75.1 Å². The number of rotatable bonds is 7. The van der Waals surface area contributed by atoms with Crippen LogP contribution < -0.4 is 4.72 Å². The summed E-state index contributed by atoms with van der Waals surface area (Å²) in [7, 11) is -3.39. The molecular formula is C23H26N2O2S3. The highest BCUT2D eigenvalue weighted by atomic mass is 32.3. The predicted octanol–water partition coefficient (Wildman–Crippen LogP) is 5.30. The molecule has 0 bridgehead atoms. The number of sulfonamides is 1. The fourth-order valence-electron chi connectivity index (χ4n) is 3.79. The second-order valence-electron chi connectivity index (χ2n) is 7.53. The third-order valence-electron chi connectivity index (χ3n) is 5.43. The molecule has 1 atom stereocenters. The Balaban J connectivity index is 1.33. The lowest BCUT2D eigenvalue weighted by molar-refractivity contribution is 0.198. The molecule has 0 saturated carbocycles. The van der Waals surface area contributed by atoms with E-state index in [0.29, 0.717) is 4.21 Å². The summed E-state index contributed by atoms with van der Waals surface area (Å²) in [5, 5.41) is 1.79. The number of nitrogens with one attached hydrogen (secondary N) is 1. The Kier molecular flexibility index (Phi) is 7.08. The maximum atomic E-state index is 12.4. The van der Waals surface area contributed by atoms with E-state index >= 15 is 0 Å². The summed E-state index contributed by atoms with van der Waals surface area (Å²) in [5.74, 6) is 0. The molecular weight excluding hydrogens is 432 g/mol. The van der Waals surface area contributed by atoms with Gasteiger partial charge in [-0.15, -0.1) is 16.5 Å². The second-order valence-corrected chi connectivity index (χ2v) is 11.3. The molecule has 1 fully saturated rings. The normalized spacial score (nSPS) is 17.7. The van der Waals surface area contributed by atoms with Gasteiger partial charge in [0.05, 0.1) is 6.04 Å². The van der Waals surface area contributed by atoms with Crippen LogP contribution in [0, 0.1) is 0 Å². The van der Waals surface area contributed by atoms with E-state index in [1.54, 1.807) is 29.3 Å². The summed E-state index contributed by atoms with van der Waals surface area (Å²) in [6.45, 7) is 2.68. The molecule has 1 aliphatic heterocycles. The standard InChI is InChI=1S/C23H26N2O2S3/c1-28-22-9-7-19(8-10-22)20-5-2-4-18(16-20)17-25-13-11-21(12-14-25)24-30(26,27)23-6-3-15-29-23/h2-10,15-16,21H,11-14,17H2,1H3,(H-,24,26,27). The van der Waals surface area contributed by atoms with Crippen LogP contribution in [0.2, 0.25) is 0 Å². The molecule has 1 aliphatic rings. The van der Waals surface area contributed by atoms with Gasteiger partial charge < -0.3 is 4.55 Å². The fourth-order valence-corrected chi connectivity index (χ4v) is 6.52. The van der Waals surface area contributed by atoms with Crippen molar-refractivity contribution >= 4 is 33.5 Å². The summed E-state index contributed by atoms with van der Waals surface area (Å²) < 4.78 is 28.1. The van der Waals surface area contributed by atoms with E-state index in [9.17, 15) is 8.76 Å². The molecule has 7 heteroatoms. The summed E-state index contributed by atoms with van der Waals surface area (Å²) >= 11 is 3.01. The smallest absolute Gasteiger partial charge is 0.228 e. The largest absolute Gasteiger partial charge is 0.592 e. The number of hydrogen-bond donors (Lipinski definition) is 1. The molecule has 2 heterocycles. The Bertz CT molecular complexity index is 998. The highest BCUT2D eigenvalue weighted by Gasteiger charge is 2.28. The number of benzene rings is 2. The van der Waals surface area contributed by atoms with Gasteiger partial charge in [-0.25, -0.2) is 0 Å². The minimum absolute atomic E-state index is 0.00892. The van der Waals surface area contributed by atoms with Crippen molar-refractivity contribution < 1.29 is 8.76 Å². The van der Waals surface area contributed by atoms with Gasteiger partial charge in [0.1, 0.15) is 0 Å². The maximum Gasteiger partial charge on any atom is 0.228 e. The molecule has 4 rings (SSSR count). The van der Waals surface area contributed by atoms with E-state index in [0.717, 1.165) is 32.5 Å². The van der Waals surface area contributed by atoms with Crippen LogP contribution in [-0.2, 0) is 21.2 Å². The first-order chi connectivity index (χ1) is 14.5. The zero-order chi connectivity index (χ0) is 21.0. The molecule has 0 radical (unpaired) electrons. The van der Waals surface area contributed by atoms with Crippen molar-refractivity contribution in [3.63, 3.8) is 0 Å². The van der Waals surface area contributed by atoms with Gasteiger partial charge in [0, 0.05) is 30.6 Å². The quantitative estimate of drug-likeness (QED) is 0.386. The molecule has 30 heavy (non-hydrogen) atoms. The number of hydrogen-bond acceptors (Lipinski definition) is 5. The average Bonchev–Trinajstić information content (AvgIpc) is 3.31. The van der Waals surface area contributed by atoms with Crippen molar-refractivity contribution in [3.8, 4) is 11.1 Å². The van der Waals surface area contributed by atoms with Crippen molar-refractivity contribution in [1.82, 2.24) is 9.62 Å². The van der Waals surface area contributed by atoms with E-state index in [2.05, 4.69) is 64.4 Å². The van der Waals surface area contributed by atoms with Gasteiger partial charge >= 0.3 is 0 Å². The van der Waals surface area contributed by atoms with Gasteiger partial charge in [0.15, 0.2) is 10.4 Å². The minimum Gasteiger partial charge on any atom is -0.592 e. The second kappa shape index (κ2) is 9.77. The van der Waals surface area contributed by atoms with Gasteiger partial charge in [0.25, 0.3) is 0 Å². The van der Waals surface area contributed by atoms with Crippen molar-refractivity contribution in [3.05, 3.63) is 71.6 Å². The van der Waals surface area contributed by atoms with Crippen LogP contribution in [-0.4, -0.2) is 34.8 Å². The summed E-state index contributed by atoms with van der Waals surface area (Å²) in [5.41, 5.74) is 3.76. The van der Waals surface area contributed by atoms with Crippen LogP contribution in [0.5, 0.6) is 0 Å². The van der Waals surface area contributed by atoms with Gasteiger partial charge in [-0.05, 0) is 65.4 Å². The van der Waals surface area contributed by atoms with Crippen LogP contribution >= 0.6 is 23.1 Å². The maximum absolute atomic E-state index is 12.4. The van der Waals surface area contributed by atoms with Gasteiger partial charge in [0.2, 0.25) is 4.21 Å². The van der Waals surface area contributed by atoms with E-state index in [1.165, 1.54) is 32.9 Å². The fraction of sp³-hybridized carbons (Fsp3) is 0.304. The van der Waals surface area contributed by atoms with Crippen LogP contribution in [0.4, 0.5) is 0 Å². The lowest BCUT2D eigenvalue weighted by atomic mass is 10.0. The van der Waals surface area contributed by atoms with Crippen molar-refractivity contribution in [2.24, 2.45) is 0 Å². The zero-order valence-corrected chi connectivity index (χ0v) is 19.4. The highest BCUT2D eigenvalue weighted by molar-refractivity contribution is 7.98. The Morgan fingerprint density at radius 2 is 1.87 bits per heavy atom.